The quantitative estimate of drug-likeness (QED) is 0.0640. The third-order valence-electron chi connectivity index (χ3n) is 13.1. The van der Waals surface area contributed by atoms with Crippen molar-refractivity contribution in [1.82, 2.24) is 9.88 Å². The SMILES string of the molecule is C=CCOC12Oc3ccc(OCc4cccc(C)n4)cc3C3C(CCCCO)C(CCCCO)C=C(C(=NOC4CCCCO4)CC1N(CCC)C(=O)c1ccc4c(c1)OCO4)C32. The van der Waals surface area contributed by atoms with Gasteiger partial charge in [-0.25, -0.2) is 0 Å². The Balaban J connectivity index is 1.31. The van der Waals surface area contributed by atoms with E-state index in [0.717, 1.165) is 73.2 Å². The number of carbonyl (C=O) groups is 1. The average molecular weight is 866 g/mol. The lowest BCUT2D eigenvalue weighted by Crippen LogP contribution is -2.70. The molecule has 338 valence electrons. The second-order valence-corrected chi connectivity index (χ2v) is 17.3. The van der Waals surface area contributed by atoms with Crippen molar-refractivity contribution in [2.24, 2.45) is 22.9 Å². The van der Waals surface area contributed by atoms with Crippen LogP contribution in [0.15, 0.2) is 84.1 Å². The van der Waals surface area contributed by atoms with Crippen molar-refractivity contribution in [2.45, 2.75) is 115 Å². The standard InChI is InChI=1S/C50H63N3O10/c1-4-22-53(49(56)35-18-20-43-44(28-35)60-32-59-43)45-30-41(52-63-46-17-8-11-26-57-46)39-27-34(14-6-9-23-54)38(16-7-10-24-55)47-40-29-37(58-31-36-15-12-13-33(3)51-36)19-21-42(40)62-50(45,48(39)47)61-25-5-2/h5,12-13,15,18-21,27-29,34,38,45-48,54-55H,2,4,6-11,14,16-17,22-26,30-32H2,1,3H3. The molecule has 8 rings (SSSR count). The summed E-state index contributed by atoms with van der Waals surface area (Å²) in [6, 6.07) is 16.6. The van der Waals surface area contributed by atoms with Crippen LogP contribution in [0, 0.1) is 24.7 Å². The van der Waals surface area contributed by atoms with Crippen molar-refractivity contribution < 1.29 is 48.3 Å². The number of pyridine rings is 1. The number of carbonyl (C=O) groups excluding carboxylic acids is 1. The fraction of sp³-hybridized carbons (Fsp3) is 0.540. The minimum absolute atomic E-state index is 0.0684. The number of aliphatic hydroxyl groups excluding tert-OH is 2. The summed E-state index contributed by atoms with van der Waals surface area (Å²) < 4.78 is 38.4. The van der Waals surface area contributed by atoms with Crippen molar-refractivity contribution in [3.8, 4) is 23.0 Å². The maximum atomic E-state index is 15.1. The number of rotatable bonds is 20. The van der Waals surface area contributed by atoms with Gasteiger partial charge in [0.05, 0.1) is 30.5 Å². The second-order valence-electron chi connectivity index (χ2n) is 17.3. The van der Waals surface area contributed by atoms with Gasteiger partial charge in [-0.1, -0.05) is 43.1 Å². The molecule has 3 aliphatic heterocycles. The summed E-state index contributed by atoms with van der Waals surface area (Å²) in [5.41, 5.74) is 4.90. The molecule has 2 aliphatic carbocycles. The normalized spacial score (nSPS) is 26.2. The van der Waals surface area contributed by atoms with Gasteiger partial charge in [0.2, 0.25) is 18.9 Å². The molecule has 0 spiro atoms. The number of fused-ring (bicyclic) bond motifs is 3. The summed E-state index contributed by atoms with van der Waals surface area (Å²) in [6.07, 6.45) is 11.9. The molecule has 1 amide bonds. The molecule has 4 heterocycles. The predicted molar refractivity (Wildman–Crippen MR) is 237 cm³/mol. The highest BCUT2D eigenvalue weighted by atomic mass is 16.8. The lowest BCUT2D eigenvalue weighted by atomic mass is 9.55. The Bertz CT molecular complexity index is 2120. The summed E-state index contributed by atoms with van der Waals surface area (Å²) in [5, 5.41) is 25.0. The number of allylic oxidation sites excluding steroid dienone is 1. The first-order valence-electron chi connectivity index (χ1n) is 23.0. The molecule has 2 aromatic carbocycles. The van der Waals surface area contributed by atoms with Gasteiger partial charge in [-0.15, -0.1) is 6.58 Å². The van der Waals surface area contributed by atoms with Gasteiger partial charge in [0, 0.05) is 55.3 Å². The largest absolute Gasteiger partial charge is 0.487 e. The number of benzene rings is 2. The van der Waals surface area contributed by atoms with Gasteiger partial charge < -0.3 is 48.4 Å². The lowest BCUT2D eigenvalue weighted by Gasteiger charge is -2.60. The topological polar surface area (TPSA) is 151 Å². The van der Waals surface area contributed by atoms with E-state index >= 15 is 4.79 Å². The molecule has 2 fully saturated rings. The predicted octanol–water partition coefficient (Wildman–Crippen LogP) is 8.41. The Morgan fingerprint density at radius 3 is 2.62 bits per heavy atom. The van der Waals surface area contributed by atoms with Crippen LogP contribution in [0.4, 0.5) is 0 Å². The number of aliphatic hydroxyl groups is 2. The van der Waals surface area contributed by atoms with Crippen LogP contribution in [0.25, 0.3) is 0 Å². The van der Waals surface area contributed by atoms with E-state index in [2.05, 4.69) is 30.6 Å². The molecule has 2 N–H and O–H groups in total. The van der Waals surface area contributed by atoms with E-state index in [4.69, 9.17) is 38.4 Å². The zero-order valence-electron chi connectivity index (χ0n) is 36.8. The highest BCUT2D eigenvalue weighted by Gasteiger charge is 2.65. The number of aryl methyl sites for hydroxylation is 1. The van der Waals surface area contributed by atoms with Crippen molar-refractivity contribution in [2.75, 3.05) is 39.8 Å². The fourth-order valence-corrected chi connectivity index (χ4v) is 10.3. The molecule has 7 unspecified atom stereocenters. The lowest BCUT2D eigenvalue weighted by molar-refractivity contribution is -0.254. The van der Waals surface area contributed by atoms with Crippen LogP contribution in [0.5, 0.6) is 23.0 Å². The Kier molecular flexibility index (Phi) is 14.7. The average Bonchev–Trinajstić information content (AvgIpc) is 3.78. The number of aromatic nitrogens is 1. The third-order valence-corrected chi connectivity index (χ3v) is 13.1. The molecular weight excluding hydrogens is 803 g/mol. The fourth-order valence-electron chi connectivity index (χ4n) is 10.3. The Hall–Kier alpha value is -4.95. The summed E-state index contributed by atoms with van der Waals surface area (Å²) >= 11 is 0. The number of nitrogens with zero attached hydrogens (tertiary/aromatic N) is 3. The maximum absolute atomic E-state index is 15.1. The summed E-state index contributed by atoms with van der Waals surface area (Å²) in [7, 11) is 0. The number of hydrogen-bond donors (Lipinski definition) is 2. The Labute approximate surface area is 371 Å². The van der Waals surface area contributed by atoms with Crippen molar-refractivity contribution in [3.05, 3.63) is 101 Å². The van der Waals surface area contributed by atoms with Crippen molar-refractivity contribution in [3.63, 3.8) is 0 Å². The summed E-state index contributed by atoms with van der Waals surface area (Å²) in [5.74, 6) is 0.393. The van der Waals surface area contributed by atoms with E-state index < -0.39 is 24.0 Å². The molecule has 1 aromatic heterocycles. The number of ether oxygens (including phenoxy) is 6. The van der Waals surface area contributed by atoms with Crippen LogP contribution in [0.3, 0.4) is 0 Å². The molecule has 1 saturated heterocycles. The first-order valence-corrected chi connectivity index (χ1v) is 23.0. The van der Waals surface area contributed by atoms with E-state index in [1.54, 1.807) is 24.3 Å². The van der Waals surface area contributed by atoms with Crippen LogP contribution in [-0.2, 0) is 20.9 Å². The molecule has 5 aliphatic rings. The highest BCUT2D eigenvalue weighted by molar-refractivity contribution is 6.03. The monoisotopic (exact) mass is 865 g/mol. The van der Waals surface area contributed by atoms with E-state index in [0.29, 0.717) is 67.6 Å². The number of unbranched alkanes of at least 4 members (excludes halogenated alkanes) is 2. The van der Waals surface area contributed by atoms with Crippen molar-refractivity contribution >= 4 is 11.6 Å². The summed E-state index contributed by atoms with van der Waals surface area (Å²) in [6.45, 7) is 9.89. The highest BCUT2D eigenvalue weighted by Crippen LogP contribution is 2.62. The van der Waals surface area contributed by atoms with Crippen LogP contribution < -0.4 is 18.9 Å². The van der Waals surface area contributed by atoms with Crippen molar-refractivity contribution in [1.29, 1.82) is 0 Å². The molecule has 13 nitrogen and oxygen atoms in total. The molecule has 1 saturated carbocycles. The zero-order chi connectivity index (χ0) is 43.8. The summed E-state index contributed by atoms with van der Waals surface area (Å²) in [4.78, 5) is 28.0. The molecule has 63 heavy (non-hydrogen) atoms. The number of oxime groups is 1. The minimum Gasteiger partial charge on any atom is -0.487 e. The zero-order valence-corrected chi connectivity index (χ0v) is 36.8. The molecular formula is C50H63N3O10. The van der Waals surface area contributed by atoms with Gasteiger partial charge in [-0.2, -0.15) is 0 Å². The van der Waals surface area contributed by atoms with Crippen LogP contribution in [0.2, 0.25) is 0 Å². The Morgan fingerprint density at radius 2 is 1.84 bits per heavy atom. The van der Waals surface area contributed by atoms with Gasteiger partial charge in [0.25, 0.3) is 5.91 Å². The van der Waals surface area contributed by atoms with E-state index in [1.807, 2.05) is 42.2 Å². The van der Waals surface area contributed by atoms with Crippen LogP contribution in [-0.4, -0.2) is 89.6 Å². The molecule has 0 radical (unpaired) electrons. The van der Waals surface area contributed by atoms with E-state index in [1.165, 1.54) is 0 Å². The van der Waals surface area contributed by atoms with E-state index in [9.17, 15) is 10.2 Å². The molecule has 3 aromatic rings. The van der Waals surface area contributed by atoms with Crippen LogP contribution in [0.1, 0.15) is 111 Å². The number of amides is 1. The van der Waals surface area contributed by atoms with Gasteiger partial charge in [0.1, 0.15) is 24.1 Å². The third kappa shape index (κ3) is 9.62. The minimum atomic E-state index is -1.39. The molecule has 0 bridgehead atoms. The van der Waals surface area contributed by atoms with Gasteiger partial charge in [-0.05, 0) is 118 Å². The first-order chi connectivity index (χ1) is 30.9. The van der Waals surface area contributed by atoms with Crippen LogP contribution >= 0.6 is 0 Å². The van der Waals surface area contributed by atoms with Gasteiger partial charge in [-0.3, -0.25) is 9.78 Å². The molecule has 13 heteroatoms. The molecule has 7 atom stereocenters. The number of hydrogen-bond acceptors (Lipinski definition) is 12. The smallest absolute Gasteiger partial charge is 0.254 e. The Morgan fingerprint density at radius 1 is 1.02 bits per heavy atom. The van der Waals surface area contributed by atoms with E-state index in [-0.39, 0.29) is 56.7 Å². The first kappa shape index (κ1) is 44.6. The maximum Gasteiger partial charge on any atom is 0.254 e. The van der Waals surface area contributed by atoms with Gasteiger partial charge >= 0.3 is 0 Å². The van der Waals surface area contributed by atoms with Gasteiger partial charge in [0.15, 0.2) is 11.5 Å². The second kappa shape index (κ2) is 20.7.